The Balaban J connectivity index is 2.30. The van der Waals surface area contributed by atoms with E-state index in [2.05, 4.69) is 15.5 Å². The van der Waals surface area contributed by atoms with Crippen molar-refractivity contribution in [2.75, 3.05) is 5.32 Å². The summed E-state index contributed by atoms with van der Waals surface area (Å²) in [4.78, 5) is 23.5. The van der Waals surface area contributed by atoms with Crippen LogP contribution in [-0.4, -0.2) is 22.0 Å². The Hall–Kier alpha value is -2.70. The van der Waals surface area contributed by atoms with Crippen molar-refractivity contribution in [3.63, 3.8) is 0 Å². The third kappa shape index (κ3) is 3.56. The summed E-state index contributed by atoms with van der Waals surface area (Å²) < 4.78 is 13.8. The number of nitrogens with one attached hydrogen (secondary N) is 2. The van der Waals surface area contributed by atoms with Gasteiger partial charge in [-0.2, -0.15) is 5.10 Å². The molecule has 1 heterocycles. The normalized spacial score (nSPS) is 11.3. The number of nitrogens with two attached hydrogens (primary N) is 1. The Morgan fingerprint density at radius 1 is 1.26 bits per heavy atom. The Morgan fingerprint density at radius 3 is 2.43 bits per heavy atom. The van der Waals surface area contributed by atoms with Crippen LogP contribution in [0.15, 0.2) is 18.2 Å². The van der Waals surface area contributed by atoms with E-state index >= 15 is 0 Å². The van der Waals surface area contributed by atoms with Gasteiger partial charge in [-0.1, -0.05) is 20.8 Å². The zero-order valence-corrected chi connectivity index (χ0v) is 13.5. The highest BCUT2D eigenvalue weighted by molar-refractivity contribution is 6.04. The minimum absolute atomic E-state index is 0.0131. The number of benzene rings is 1. The van der Waals surface area contributed by atoms with Crippen LogP contribution in [0.5, 0.6) is 0 Å². The molecule has 6 nitrogen and oxygen atoms in total. The highest BCUT2D eigenvalue weighted by Gasteiger charge is 2.20. The number of aromatic amines is 1. The molecule has 0 aliphatic rings. The minimum atomic E-state index is -0.769. The maximum absolute atomic E-state index is 13.8. The summed E-state index contributed by atoms with van der Waals surface area (Å²) in [6.07, 6.45) is 0. The van der Waals surface area contributed by atoms with Crippen LogP contribution in [0.1, 0.15) is 52.9 Å². The first kappa shape index (κ1) is 16.7. The van der Waals surface area contributed by atoms with E-state index in [1.807, 2.05) is 20.8 Å². The van der Waals surface area contributed by atoms with Crippen molar-refractivity contribution >= 4 is 17.5 Å². The number of aromatic nitrogens is 2. The van der Waals surface area contributed by atoms with E-state index in [4.69, 9.17) is 5.73 Å². The topological polar surface area (TPSA) is 101 Å². The van der Waals surface area contributed by atoms with Gasteiger partial charge in [0.25, 0.3) is 5.91 Å². The van der Waals surface area contributed by atoms with Crippen molar-refractivity contribution in [1.29, 1.82) is 0 Å². The Morgan fingerprint density at radius 2 is 1.91 bits per heavy atom. The lowest BCUT2D eigenvalue weighted by molar-refractivity contribution is 0.0995. The van der Waals surface area contributed by atoms with Gasteiger partial charge in [-0.15, -0.1) is 0 Å². The number of carbonyl (C=O) groups is 2. The van der Waals surface area contributed by atoms with Crippen molar-refractivity contribution in [1.82, 2.24) is 10.2 Å². The summed E-state index contributed by atoms with van der Waals surface area (Å²) in [6, 6.07) is 4.02. The molecule has 7 heteroatoms. The van der Waals surface area contributed by atoms with E-state index in [1.165, 1.54) is 13.0 Å². The molecule has 1 aromatic carbocycles. The summed E-state index contributed by atoms with van der Waals surface area (Å²) in [7, 11) is 0. The Bertz CT molecular complexity index is 775. The van der Waals surface area contributed by atoms with Crippen LogP contribution in [0, 0.1) is 12.7 Å². The van der Waals surface area contributed by atoms with E-state index in [9.17, 15) is 14.0 Å². The second-order valence-corrected chi connectivity index (χ2v) is 6.37. The molecule has 0 radical (unpaired) electrons. The average molecular weight is 318 g/mol. The Kier molecular flexibility index (Phi) is 4.22. The Labute approximate surface area is 133 Å². The molecule has 122 valence electrons. The van der Waals surface area contributed by atoms with Gasteiger partial charge in [0.15, 0.2) is 5.69 Å². The van der Waals surface area contributed by atoms with Crippen LogP contribution in [0.25, 0.3) is 0 Å². The smallest absolute Gasteiger partial charge is 0.276 e. The second kappa shape index (κ2) is 5.83. The van der Waals surface area contributed by atoms with Gasteiger partial charge < -0.3 is 11.1 Å². The molecule has 0 saturated heterocycles. The number of anilines is 1. The maximum atomic E-state index is 13.8. The van der Waals surface area contributed by atoms with E-state index in [0.717, 1.165) is 11.8 Å². The maximum Gasteiger partial charge on any atom is 0.276 e. The van der Waals surface area contributed by atoms with Crippen molar-refractivity contribution in [3.05, 3.63) is 46.5 Å². The number of rotatable bonds is 3. The predicted octanol–water partition coefficient (Wildman–Crippen LogP) is 2.51. The molecule has 0 saturated carbocycles. The monoisotopic (exact) mass is 318 g/mol. The minimum Gasteiger partial charge on any atom is -0.366 e. The van der Waals surface area contributed by atoms with Crippen LogP contribution < -0.4 is 11.1 Å². The highest BCUT2D eigenvalue weighted by atomic mass is 19.1. The van der Waals surface area contributed by atoms with E-state index in [1.54, 1.807) is 6.07 Å². The van der Waals surface area contributed by atoms with Gasteiger partial charge in [-0.25, -0.2) is 4.39 Å². The molecule has 2 aromatic rings. The average Bonchev–Trinajstić information content (AvgIpc) is 2.93. The van der Waals surface area contributed by atoms with Crippen LogP contribution in [0.4, 0.5) is 10.1 Å². The zero-order chi connectivity index (χ0) is 17.4. The molecule has 23 heavy (non-hydrogen) atoms. The molecule has 0 unspecified atom stereocenters. The fourth-order valence-corrected chi connectivity index (χ4v) is 1.96. The van der Waals surface area contributed by atoms with Crippen LogP contribution in [-0.2, 0) is 5.41 Å². The van der Waals surface area contributed by atoms with Gasteiger partial charge in [0.05, 0.1) is 0 Å². The lowest BCUT2D eigenvalue weighted by atomic mass is 9.92. The van der Waals surface area contributed by atoms with Crippen LogP contribution in [0.3, 0.4) is 0 Å². The van der Waals surface area contributed by atoms with Crippen LogP contribution >= 0.6 is 0 Å². The largest absolute Gasteiger partial charge is 0.366 e. The SMILES string of the molecule is Cc1c(F)cc(C(N)=O)cc1NC(=O)c1cc(C(C)(C)C)[nH]n1. The number of hydrogen-bond donors (Lipinski definition) is 3. The molecule has 2 rings (SSSR count). The fraction of sp³-hybridized carbons (Fsp3) is 0.312. The summed E-state index contributed by atoms with van der Waals surface area (Å²) >= 11 is 0. The molecule has 1 aromatic heterocycles. The lowest BCUT2D eigenvalue weighted by Crippen LogP contribution is -2.16. The van der Waals surface area contributed by atoms with Gasteiger partial charge >= 0.3 is 0 Å². The van der Waals surface area contributed by atoms with Gasteiger partial charge in [0.1, 0.15) is 5.82 Å². The van der Waals surface area contributed by atoms with Crippen molar-refractivity contribution in [2.24, 2.45) is 5.73 Å². The molecule has 0 bridgehead atoms. The summed E-state index contributed by atoms with van der Waals surface area (Å²) in [5, 5.41) is 9.33. The molecule has 0 spiro atoms. The molecule has 0 aliphatic heterocycles. The molecule has 4 N–H and O–H groups in total. The van der Waals surface area contributed by atoms with Crippen molar-refractivity contribution < 1.29 is 14.0 Å². The standard InChI is InChI=1S/C16H19FN4O2/c1-8-10(17)5-9(14(18)22)6-11(8)19-15(23)12-7-13(21-20-12)16(2,3)4/h5-7H,1-4H3,(H2,18,22)(H,19,23)(H,20,21). The first-order valence-electron chi connectivity index (χ1n) is 7.07. The van der Waals surface area contributed by atoms with Gasteiger partial charge in [-0.3, -0.25) is 14.7 Å². The molecular weight excluding hydrogens is 299 g/mol. The van der Waals surface area contributed by atoms with E-state index in [-0.39, 0.29) is 27.9 Å². The first-order chi connectivity index (χ1) is 10.6. The summed E-state index contributed by atoms with van der Waals surface area (Å²) in [5.74, 6) is -1.89. The van der Waals surface area contributed by atoms with E-state index < -0.39 is 17.6 Å². The number of nitrogens with zero attached hydrogens (tertiary/aromatic N) is 1. The highest BCUT2D eigenvalue weighted by Crippen LogP contribution is 2.23. The van der Waals surface area contributed by atoms with Crippen LogP contribution in [0.2, 0.25) is 0 Å². The quantitative estimate of drug-likeness (QED) is 0.810. The van der Waals surface area contributed by atoms with E-state index in [0.29, 0.717) is 0 Å². The number of halogens is 1. The summed E-state index contributed by atoms with van der Waals surface area (Å²) in [6.45, 7) is 7.45. The van der Waals surface area contributed by atoms with Gasteiger partial charge in [0.2, 0.25) is 5.91 Å². The third-order valence-electron chi connectivity index (χ3n) is 3.50. The number of H-pyrrole nitrogens is 1. The summed E-state index contributed by atoms with van der Waals surface area (Å²) in [5.41, 5.74) is 6.35. The lowest BCUT2D eigenvalue weighted by Gasteiger charge is -2.14. The molecular formula is C16H19FN4O2. The molecule has 0 fully saturated rings. The number of hydrogen-bond acceptors (Lipinski definition) is 3. The van der Waals surface area contributed by atoms with Crippen molar-refractivity contribution in [2.45, 2.75) is 33.1 Å². The zero-order valence-electron chi connectivity index (χ0n) is 13.5. The van der Waals surface area contributed by atoms with Gasteiger partial charge in [-0.05, 0) is 25.1 Å². The van der Waals surface area contributed by atoms with Gasteiger partial charge in [0, 0.05) is 27.9 Å². The predicted molar refractivity (Wildman–Crippen MR) is 84.9 cm³/mol. The number of primary amides is 1. The number of carbonyl (C=O) groups excluding carboxylic acids is 2. The fourth-order valence-electron chi connectivity index (χ4n) is 1.96. The second-order valence-electron chi connectivity index (χ2n) is 6.37. The molecule has 0 atom stereocenters. The van der Waals surface area contributed by atoms with Crippen molar-refractivity contribution in [3.8, 4) is 0 Å². The number of amides is 2. The molecule has 0 aliphatic carbocycles. The molecule has 2 amide bonds. The third-order valence-corrected chi connectivity index (χ3v) is 3.50. The first-order valence-corrected chi connectivity index (χ1v) is 7.07.